The van der Waals surface area contributed by atoms with Crippen LogP contribution in [0.15, 0.2) is 18.5 Å². The summed E-state index contributed by atoms with van der Waals surface area (Å²) < 4.78 is 1.59. The van der Waals surface area contributed by atoms with Gasteiger partial charge in [0.25, 0.3) is 0 Å². The van der Waals surface area contributed by atoms with Crippen molar-refractivity contribution in [1.29, 1.82) is 0 Å². The molecule has 5 nitrogen and oxygen atoms in total. The Morgan fingerprint density at radius 2 is 2.54 bits per heavy atom. The lowest BCUT2D eigenvalue weighted by molar-refractivity contribution is -0.122. The number of carbonyl (C=O) groups excluding carboxylic acids is 1. The summed E-state index contributed by atoms with van der Waals surface area (Å²) >= 11 is 0. The first-order valence-corrected chi connectivity index (χ1v) is 4.28. The van der Waals surface area contributed by atoms with Crippen LogP contribution < -0.4 is 11.1 Å². The van der Waals surface area contributed by atoms with E-state index in [2.05, 4.69) is 10.4 Å². The molecule has 13 heavy (non-hydrogen) atoms. The molecule has 70 valence electrons. The summed E-state index contributed by atoms with van der Waals surface area (Å²) in [6.07, 6.45) is 4.30. The summed E-state index contributed by atoms with van der Waals surface area (Å²) in [6.45, 7) is 0.274. The summed E-state index contributed by atoms with van der Waals surface area (Å²) in [6, 6.07) is 2.13. The van der Waals surface area contributed by atoms with Crippen LogP contribution in [0.1, 0.15) is 6.42 Å². The molecule has 1 fully saturated rings. The van der Waals surface area contributed by atoms with E-state index < -0.39 is 0 Å². The van der Waals surface area contributed by atoms with Crippen LogP contribution in [0, 0.1) is 0 Å². The molecule has 0 bridgehead atoms. The van der Waals surface area contributed by atoms with Gasteiger partial charge >= 0.3 is 0 Å². The zero-order valence-electron chi connectivity index (χ0n) is 7.18. The summed E-state index contributed by atoms with van der Waals surface area (Å²) in [4.78, 5) is 11.3. The Labute approximate surface area is 75.9 Å². The minimum absolute atomic E-state index is 0.0262. The molecule has 5 heteroatoms. The number of nitrogens with zero attached hydrogens (tertiary/aromatic N) is 2. The predicted molar refractivity (Wildman–Crippen MR) is 46.8 cm³/mol. The Hall–Kier alpha value is -1.36. The summed E-state index contributed by atoms with van der Waals surface area (Å²) in [5, 5.41) is 6.74. The number of nitrogens with one attached hydrogen (secondary N) is 1. The van der Waals surface area contributed by atoms with Gasteiger partial charge in [0.2, 0.25) is 5.91 Å². The predicted octanol–water partition coefficient (Wildman–Crippen LogP) is -0.901. The number of hydrogen-bond donors (Lipinski definition) is 2. The number of rotatable bonds is 3. The second-order valence-electron chi connectivity index (χ2n) is 3.28. The first kappa shape index (κ1) is 8.25. The lowest BCUT2D eigenvalue weighted by Crippen LogP contribution is -2.32. The van der Waals surface area contributed by atoms with Gasteiger partial charge in [-0.1, -0.05) is 0 Å². The molecule has 2 rings (SSSR count). The Kier molecular flexibility index (Phi) is 2.02. The third-order valence-electron chi connectivity index (χ3n) is 2.05. The van der Waals surface area contributed by atoms with Crippen LogP contribution in [0.3, 0.4) is 0 Å². The number of carbonyl (C=O) groups is 1. The van der Waals surface area contributed by atoms with Crippen LogP contribution in [-0.2, 0) is 11.3 Å². The number of nitrogens with two attached hydrogens (primary N) is 1. The van der Waals surface area contributed by atoms with Gasteiger partial charge < -0.3 is 11.1 Å². The van der Waals surface area contributed by atoms with Crippen LogP contribution in [0.2, 0.25) is 0 Å². The molecule has 0 aliphatic heterocycles. The molecule has 3 N–H and O–H groups in total. The maximum Gasteiger partial charge on any atom is 0.242 e. The standard InChI is InChI=1S/C8H12N4O/c9-6-4-7(6)11-8(13)5-12-3-1-2-10-12/h1-3,6-7H,4-5,9H2,(H,11,13). The Bertz CT molecular complexity index is 295. The van der Waals surface area contributed by atoms with E-state index in [0.717, 1.165) is 6.42 Å². The fraction of sp³-hybridized carbons (Fsp3) is 0.500. The lowest BCUT2D eigenvalue weighted by atomic mass is 10.5. The zero-order chi connectivity index (χ0) is 9.26. The zero-order valence-corrected chi connectivity index (χ0v) is 7.18. The maximum atomic E-state index is 11.3. The highest BCUT2D eigenvalue weighted by atomic mass is 16.2. The van der Waals surface area contributed by atoms with E-state index in [1.54, 1.807) is 23.1 Å². The van der Waals surface area contributed by atoms with E-state index in [1.807, 2.05) is 0 Å². The topological polar surface area (TPSA) is 72.9 Å². The van der Waals surface area contributed by atoms with Crippen molar-refractivity contribution >= 4 is 5.91 Å². The number of aromatic nitrogens is 2. The highest BCUT2D eigenvalue weighted by molar-refractivity contribution is 5.76. The van der Waals surface area contributed by atoms with Gasteiger partial charge in [0, 0.05) is 24.5 Å². The third kappa shape index (κ3) is 2.06. The molecule has 2 unspecified atom stereocenters. The van der Waals surface area contributed by atoms with E-state index in [-0.39, 0.29) is 24.5 Å². The number of amides is 1. The van der Waals surface area contributed by atoms with Gasteiger partial charge in [-0.05, 0) is 12.5 Å². The summed E-state index contributed by atoms with van der Waals surface area (Å²) in [5.74, 6) is -0.0262. The van der Waals surface area contributed by atoms with Gasteiger partial charge in [-0.3, -0.25) is 9.48 Å². The van der Waals surface area contributed by atoms with Crippen LogP contribution in [-0.4, -0.2) is 27.8 Å². The van der Waals surface area contributed by atoms with Crippen molar-refractivity contribution in [2.24, 2.45) is 5.73 Å². The van der Waals surface area contributed by atoms with Crippen molar-refractivity contribution < 1.29 is 4.79 Å². The largest absolute Gasteiger partial charge is 0.350 e. The van der Waals surface area contributed by atoms with Gasteiger partial charge in [0.15, 0.2) is 0 Å². The third-order valence-corrected chi connectivity index (χ3v) is 2.05. The van der Waals surface area contributed by atoms with Gasteiger partial charge in [-0.2, -0.15) is 5.10 Å². The highest BCUT2D eigenvalue weighted by Gasteiger charge is 2.34. The van der Waals surface area contributed by atoms with Crippen molar-refractivity contribution in [2.75, 3.05) is 0 Å². The fourth-order valence-corrected chi connectivity index (χ4v) is 1.17. The average Bonchev–Trinajstić information content (AvgIpc) is 2.61. The molecule has 1 heterocycles. The van der Waals surface area contributed by atoms with Crippen molar-refractivity contribution in [3.8, 4) is 0 Å². The minimum Gasteiger partial charge on any atom is -0.350 e. The SMILES string of the molecule is NC1CC1NC(=O)Cn1cccn1. The van der Waals surface area contributed by atoms with Gasteiger partial charge in [0.1, 0.15) is 6.54 Å². The van der Waals surface area contributed by atoms with Crippen molar-refractivity contribution in [3.05, 3.63) is 18.5 Å². The first-order valence-electron chi connectivity index (χ1n) is 4.28. The van der Waals surface area contributed by atoms with Crippen molar-refractivity contribution in [3.63, 3.8) is 0 Å². The second kappa shape index (κ2) is 3.18. The van der Waals surface area contributed by atoms with E-state index in [9.17, 15) is 4.79 Å². The van der Waals surface area contributed by atoms with Crippen LogP contribution in [0.25, 0.3) is 0 Å². The second-order valence-corrected chi connectivity index (χ2v) is 3.28. The molecule has 1 aliphatic rings. The molecule has 1 aliphatic carbocycles. The molecule has 0 spiro atoms. The van der Waals surface area contributed by atoms with E-state index in [0.29, 0.717) is 0 Å². The molecule has 0 radical (unpaired) electrons. The van der Waals surface area contributed by atoms with Gasteiger partial charge in [0.05, 0.1) is 0 Å². The summed E-state index contributed by atoms with van der Waals surface area (Å²) in [7, 11) is 0. The molecular weight excluding hydrogens is 168 g/mol. The first-order chi connectivity index (χ1) is 6.25. The fourth-order valence-electron chi connectivity index (χ4n) is 1.17. The number of hydrogen-bond acceptors (Lipinski definition) is 3. The van der Waals surface area contributed by atoms with Gasteiger partial charge in [-0.15, -0.1) is 0 Å². The molecule has 1 amide bonds. The lowest BCUT2D eigenvalue weighted by Gasteiger charge is -2.02. The van der Waals surface area contributed by atoms with E-state index >= 15 is 0 Å². The quantitative estimate of drug-likeness (QED) is 0.633. The normalized spacial score (nSPS) is 25.6. The van der Waals surface area contributed by atoms with Crippen LogP contribution in [0.5, 0.6) is 0 Å². The molecule has 1 aromatic heterocycles. The Morgan fingerprint density at radius 1 is 1.77 bits per heavy atom. The monoisotopic (exact) mass is 180 g/mol. The summed E-state index contributed by atoms with van der Waals surface area (Å²) in [5.41, 5.74) is 5.55. The Balaban J connectivity index is 1.79. The molecular formula is C8H12N4O. The molecule has 1 aromatic rings. The van der Waals surface area contributed by atoms with Crippen LogP contribution in [0.4, 0.5) is 0 Å². The molecule has 1 saturated carbocycles. The highest BCUT2D eigenvalue weighted by Crippen LogP contribution is 2.17. The van der Waals surface area contributed by atoms with Crippen molar-refractivity contribution in [1.82, 2.24) is 15.1 Å². The van der Waals surface area contributed by atoms with Crippen molar-refractivity contribution in [2.45, 2.75) is 25.0 Å². The smallest absolute Gasteiger partial charge is 0.242 e. The average molecular weight is 180 g/mol. The van der Waals surface area contributed by atoms with E-state index in [1.165, 1.54) is 0 Å². The molecule has 0 saturated heterocycles. The minimum atomic E-state index is -0.0262. The molecule has 2 atom stereocenters. The van der Waals surface area contributed by atoms with Gasteiger partial charge in [-0.25, -0.2) is 0 Å². The van der Waals surface area contributed by atoms with E-state index in [4.69, 9.17) is 5.73 Å². The maximum absolute atomic E-state index is 11.3. The van der Waals surface area contributed by atoms with Crippen LogP contribution >= 0.6 is 0 Å². The molecule has 0 aromatic carbocycles. The Morgan fingerprint density at radius 3 is 3.08 bits per heavy atom.